The first-order valence-corrected chi connectivity index (χ1v) is 4.46. The lowest BCUT2D eigenvalue weighted by molar-refractivity contribution is -0.672. The van der Waals surface area contributed by atoms with Gasteiger partial charge < -0.3 is 17.0 Å². The second kappa shape index (κ2) is 5.97. The maximum Gasteiger partial charge on any atom is 0.280 e. The van der Waals surface area contributed by atoms with Crippen LogP contribution in [0.1, 0.15) is 25.6 Å². The molecule has 13 heavy (non-hydrogen) atoms. The van der Waals surface area contributed by atoms with Gasteiger partial charge in [0.2, 0.25) is 0 Å². The summed E-state index contributed by atoms with van der Waals surface area (Å²) in [4.78, 5) is 0. The summed E-state index contributed by atoms with van der Waals surface area (Å²) in [5.74, 6) is 1.18. The third-order valence-corrected chi connectivity index (χ3v) is 2.06. The Labute approximate surface area is 90.7 Å². The van der Waals surface area contributed by atoms with E-state index in [0.717, 1.165) is 6.54 Å². The van der Waals surface area contributed by atoms with Gasteiger partial charge in [0.1, 0.15) is 12.4 Å². The SMILES string of the molecule is C=Cc1n(CCCC)cc[n+]1C.[Br-]. The lowest BCUT2D eigenvalue weighted by atomic mass is 10.3. The molecule has 1 aromatic rings. The molecule has 0 amide bonds. The monoisotopic (exact) mass is 244 g/mol. The van der Waals surface area contributed by atoms with E-state index in [9.17, 15) is 0 Å². The van der Waals surface area contributed by atoms with Crippen molar-refractivity contribution in [3.8, 4) is 0 Å². The number of hydrogen-bond acceptors (Lipinski definition) is 0. The number of aromatic nitrogens is 2. The molecule has 0 aromatic carbocycles. The summed E-state index contributed by atoms with van der Waals surface area (Å²) in [7, 11) is 2.04. The van der Waals surface area contributed by atoms with Crippen molar-refractivity contribution < 1.29 is 21.5 Å². The van der Waals surface area contributed by atoms with Gasteiger partial charge in [0.25, 0.3) is 5.82 Å². The maximum absolute atomic E-state index is 3.79. The highest BCUT2D eigenvalue weighted by Gasteiger charge is 2.08. The van der Waals surface area contributed by atoms with E-state index in [1.54, 1.807) is 0 Å². The normalized spacial score (nSPS) is 9.38. The number of hydrogen-bond donors (Lipinski definition) is 0. The first-order chi connectivity index (χ1) is 5.79. The first-order valence-electron chi connectivity index (χ1n) is 4.46. The summed E-state index contributed by atoms with van der Waals surface area (Å²) in [6, 6.07) is 0. The van der Waals surface area contributed by atoms with Crippen molar-refractivity contribution in [2.75, 3.05) is 0 Å². The van der Waals surface area contributed by atoms with Crippen molar-refractivity contribution >= 4 is 6.08 Å². The summed E-state index contributed by atoms with van der Waals surface area (Å²) in [5.41, 5.74) is 0. The van der Waals surface area contributed by atoms with Crippen LogP contribution in [0.25, 0.3) is 6.08 Å². The second-order valence-corrected chi connectivity index (χ2v) is 3.02. The molecular weight excluding hydrogens is 228 g/mol. The third-order valence-electron chi connectivity index (χ3n) is 2.06. The molecule has 0 unspecified atom stereocenters. The van der Waals surface area contributed by atoms with Crippen LogP contribution in [-0.2, 0) is 13.6 Å². The molecular formula is C10H17BrN2. The van der Waals surface area contributed by atoms with E-state index in [0.29, 0.717) is 0 Å². The minimum absolute atomic E-state index is 0. The van der Waals surface area contributed by atoms with Crippen LogP contribution in [0.3, 0.4) is 0 Å². The minimum atomic E-state index is 0. The van der Waals surface area contributed by atoms with Crippen molar-refractivity contribution in [3.63, 3.8) is 0 Å². The van der Waals surface area contributed by atoms with Crippen LogP contribution in [-0.4, -0.2) is 4.57 Å². The van der Waals surface area contributed by atoms with Crippen LogP contribution in [0.4, 0.5) is 0 Å². The average Bonchev–Trinajstić information content (AvgIpc) is 2.43. The summed E-state index contributed by atoms with van der Waals surface area (Å²) < 4.78 is 4.32. The van der Waals surface area contributed by atoms with Gasteiger partial charge >= 0.3 is 0 Å². The first kappa shape index (κ1) is 12.4. The van der Waals surface area contributed by atoms with Crippen LogP contribution >= 0.6 is 0 Å². The highest BCUT2D eigenvalue weighted by atomic mass is 79.9. The van der Waals surface area contributed by atoms with E-state index in [1.165, 1.54) is 18.7 Å². The quantitative estimate of drug-likeness (QED) is 0.587. The Balaban J connectivity index is 0.00000144. The van der Waals surface area contributed by atoms with Gasteiger partial charge in [0.15, 0.2) is 0 Å². The van der Waals surface area contributed by atoms with Crippen LogP contribution in [0.5, 0.6) is 0 Å². The Morgan fingerprint density at radius 1 is 1.62 bits per heavy atom. The molecule has 0 N–H and O–H groups in total. The highest BCUT2D eigenvalue weighted by molar-refractivity contribution is 5.32. The summed E-state index contributed by atoms with van der Waals surface area (Å²) >= 11 is 0. The van der Waals surface area contributed by atoms with E-state index < -0.39 is 0 Å². The molecule has 0 radical (unpaired) electrons. The molecule has 0 saturated carbocycles. The average molecular weight is 245 g/mol. The van der Waals surface area contributed by atoms with Crippen LogP contribution in [0.2, 0.25) is 0 Å². The van der Waals surface area contributed by atoms with Gasteiger partial charge in [0, 0.05) is 6.08 Å². The smallest absolute Gasteiger partial charge is 0.280 e. The highest BCUT2D eigenvalue weighted by Crippen LogP contribution is 1.99. The summed E-state index contributed by atoms with van der Waals surface area (Å²) in [6.45, 7) is 7.09. The number of imidazole rings is 1. The second-order valence-electron chi connectivity index (χ2n) is 3.02. The fourth-order valence-electron chi connectivity index (χ4n) is 1.31. The van der Waals surface area contributed by atoms with Gasteiger partial charge in [0.05, 0.1) is 13.6 Å². The zero-order valence-electron chi connectivity index (χ0n) is 8.33. The molecule has 0 atom stereocenters. The molecule has 0 fully saturated rings. The zero-order valence-corrected chi connectivity index (χ0v) is 9.92. The van der Waals surface area contributed by atoms with Crippen LogP contribution < -0.4 is 21.5 Å². The number of halogens is 1. The molecule has 1 rings (SSSR count). The van der Waals surface area contributed by atoms with Crippen molar-refractivity contribution in [1.82, 2.24) is 4.57 Å². The predicted molar refractivity (Wildman–Crippen MR) is 50.6 cm³/mol. The Bertz CT molecular complexity index is 266. The molecule has 74 valence electrons. The lowest BCUT2D eigenvalue weighted by Gasteiger charge is -1.96. The minimum Gasteiger partial charge on any atom is -1.00 e. The molecule has 0 saturated heterocycles. The number of aryl methyl sites for hydroxylation is 2. The van der Waals surface area contributed by atoms with E-state index in [1.807, 2.05) is 13.1 Å². The predicted octanol–water partition coefficient (Wildman–Crippen LogP) is -1.24. The largest absolute Gasteiger partial charge is 1.00 e. The van der Waals surface area contributed by atoms with E-state index in [4.69, 9.17) is 0 Å². The molecule has 2 nitrogen and oxygen atoms in total. The van der Waals surface area contributed by atoms with Crippen molar-refractivity contribution in [2.24, 2.45) is 7.05 Å². The van der Waals surface area contributed by atoms with Gasteiger partial charge in [-0.15, -0.1) is 0 Å². The molecule has 1 aromatic heterocycles. The molecule has 3 heteroatoms. The fraction of sp³-hybridized carbons (Fsp3) is 0.500. The van der Waals surface area contributed by atoms with E-state index >= 15 is 0 Å². The van der Waals surface area contributed by atoms with E-state index in [2.05, 4.69) is 35.0 Å². The third kappa shape index (κ3) is 2.99. The molecule has 0 aliphatic carbocycles. The van der Waals surface area contributed by atoms with Gasteiger partial charge in [-0.2, -0.15) is 0 Å². The number of unbranched alkanes of at least 4 members (excludes halogenated alkanes) is 1. The summed E-state index contributed by atoms with van der Waals surface area (Å²) in [5, 5.41) is 0. The van der Waals surface area contributed by atoms with E-state index in [-0.39, 0.29) is 17.0 Å². The number of nitrogens with zero attached hydrogens (tertiary/aromatic N) is 2. The van der Waals surface area contributed by atoms with Crippen molar-refractivity contribution in [3.05, 3.63) is 24.8 Å². The number of rotatable bonds is 4. The Morgan fingerprint density at radius 3 is 2.85 bits per heavy atom. The van der Waals surface area contributed by atoms with Gasteiger partial charge in [-0.1, -0.05) is 19.9 Å². The molecule has 0 bridgehead atoms. The lowest BCUT2D eigenvalue weighted by Crippen LogP contribution is -3.00. The molecule has 0 aliphatic rings. The Hall–Kier alpha value is -0.570. The van der Waals surface area contributed by atoms with Gasteiger partial charge in [-0.05, 0) is 6.42 Å². The topological polar surface area (TPSA) is 8.81 Å². The fourth-order valence-corrected chi connectivity index (χ4v) is 1.31. The molecule has 0 aliphatic heterocycles. The summed E-state index contributed by atoms with van der Waals surface area (Å²) in [6.07, 6.45) is 8.53. The van der Waals surface area contributed by atoms with Gasteiger partial charge in [-0.25, -0.2) is 9.13 Å². The Morgan fingerprint density at radius 2 is 2.31 bits per heavy atom. The molecule has 1 heterocycles. The standard InChI is InChI=1S/C10H17N2.BrH/c1-4-6-7-12-9-8-11(3)10(12)5-2;/h5,8-9H,2,4,6-7H2,1,3H3;1H/q+1;/p-1. The van der Waals surface area contributed by atoms with Crippen LogP contribution in [0.15, 0.2) is 19.0 Å². The van der Waals surface area contributed by atoms with Crippen molar-refractivity contribution in [1.29, 1.82) is 0 Å². The molecule has 0 spiro atoms. The zero-order chi connectivity index (χ0) is 8.97. The van der Waals surface area contributed by atoms with Gasteiger partial charge in [-0.3, -0.25) is 0 Å². The maximum atomic E-state index is 3.79. The Kier molecular flexibility index (Phi) is 5.71. The van der Waals surface area contributed by atoms with Crippen LogP contribution in [0, 0.1) is 0 Å². The van der Waals surface area contributed by atoms with Crippen molar-refractivity contribution in [2.45, 2.75) is 26.3 Å².